The van der Waals surface area contributed by atoms with Crippen molar-refractivity contribution in [2.24, 2.45) is 7.05 Å². The van der Waals surface area contributed by atoms with E-state index in [4.69, 9.17) is 7.48 Å². The Labute approximate surface area is 175 Å². The van der Waals surface area contributed by atoms with Crippen molar-refractivity contribution in [1.29, 1.82) is 0 Å². The van der Waals surface area contributed by atoms with Gasteiger partial charge >= 0.3 is 0 Å². The Morgan fingerprint density at radius 1 is 1.30 bits per heavy atom. The van der Waals surface area contributed by atoms with Crippen molar-refractivity contribution in [2.45, 2.75) is 19.5 Å². The molecule has 152 valence electrons. The molecule has 0 fully saturated rings. The van der Waals surface area contributed by atoms with Crippen LogP contribution in [-0.2, 0) is 26.6 Å². The van der Waals surface area contributed by atoms with Gasteiger partial charge in [0.25, 0.3) is 5.56 Å². The van der Waals surface area contributed by atoms with Gasteiger partial charge in [-0.3, -0.25) is 14.3 Å². The number of nitrogens with zero attached hydrogens (tertiary/aromatic N) is 3. The van der Waals surface area contributed by atoms with E-state index in [1.165, 1.54) is 16.7 Å². The number of halogens is 1. The molecule has 1 N–H and O–H groups in total. The Kier molecular flexibility index (Phi) is 4.05. The van der Waals surface area contributed by atoms with Gasteiger partial charge in [-0.1, -0.05) is 6.07 Å². The summed E-state index contributed by atoms with van der Waals surface area (Å²) in [5.41, 5.74) is 3.30. The maximum Gasteiger partial charge on any atom is 0.297 e. The molecule has 6 nitrogen and oxygen atoms in total. The van der Waals surface area contributed by atoms with Gasteiger partial charge in [-0.25, -0.2) is 4.39 Å². The van der Waals surface area contributed by atoms with E-state index in [0.29, 0.717) is 23.5 Å². The average Bonchev–Trinajstić information content (AvgIpc) is 3.07. The van der Waals surface area contributed by atoms with Crippen LogP contribution in [-0.4, -0.2) is 20.7 Å². The first-order valence-corrected chi connectivity index (χ1v) is 9.67. The predicted octanol–water partition coefficient (Wildman–Crippen LogP) is 3.09. The molecule has 3 aromatic heterocycles. The minimum absolute atomic E-state index is 0.0468. The van der Waals surface area contributed by atoms with Gasteiger partial charge in [0.15, 0.2) is 5.75 Å². The molecule has 4 heterocycles. The number of aryl methyl sites for hydroxylation is 1. The molecule has 1 aliphatic rings. The first kappa shape index (κ1) is 16.4. The molecule has 0 unspecified atom stereocenters. The lowest BCUT2D eigenvalue weighted by molar-refractivity contribution is 0.295. The minimum atomic E-state index is -1.60. The number of aromatic nitrogens is 3. The van der Waals surface area contributed by atoms with Crippen molar-refractivity contribution in [2.75, 3.05) is 6.54 Å². The molecule has 4 aromatic rings. The molecule has 0 radical (unpaired) electrons. The van der Waals surface area contributed by atoms with Gasteiger partial charge < -0.3 is 14.6 Å². The summed E-state index contributed by atoms with van der Waals surface area (Å²) in [4.78, 5) is 17.0. The summed E-state index contributed by atoms with van der Waals surface area (Å²) in [7, 11) is 1.92. The summed E-state index contributed by atoms with van der Waals surface area (Å²) >= 11 is 0. The minimum Gasteiger partial charge on any atom is -0.481 e. The maximum atomic E-state index is 13.0. The molecule has 0 atom stereocenters. The summed E-state index contributed by atoms with van der Waals surface area (Å²) in [5, 5.41) is 3.76. The predicted molar refractivity (Wildman–Crippen MR) is 112 cm³/mol. The largest absolute Gasteiger partial charge is 0.481 e. The average molecular weight is 406 g/mol. The Morgan fingerprint density at radius 3 is 3.03 bits per heavy atom. The fraction of sp³-hybridized carbons (Fsp3) is 0.217. The third-order valence-corrected chi connectivity index (χ3v) is 5.36. The summed E-state index contributed by atoms with van der Waals surface area (Å²) in [5.74, 6) is -0.275. The second kappa shape index (κ2) is 7.42. The highest BCUT2D eigenvalue weighted by atomic mass is 19.1. The number of hydrogen-bond acceptors (Lipinski definition) is 4. The maximum absolute atomic E-state index is 13.0. The Balaban J connectivity index is 1.52. The van der Waals surface area contributed by atoms with Gasteiger partial charge in [0.05, 0.1) is 23.1 Å². The molecule has 0 amide bonds. The standard InChI is InChI=1S/C23H21FN4O2/c1-27-20-8-9-25-13-19(20)18-7-6-17(11-21(18)27)28-10-2-3-22(23(28)29)30-14-16-5-4-15(24)12-26-16/h2-7,10-12,25H,8-9,13-14H2,1H3/i13D2. The molecule has 7 heteroatoms. The fourth-order valence-electron chi connectivity index (χ4n) is 3.82. The molecule has 5 rings (SSSR count). The normalized spacial score (nSPS) is 16.1. The number of pyridine rings is 2. The molecule has 0 aliphatic carbocycles. The van der Waals surface area contributed by atoms with E-state index in [1.807, 2.05) is 23.7 Å². The second-order valence-corrected chi connectivity index (χ2v) is 7.19. The van der Waals surface area contributed by atoms with Crippen molar-refractivity contribution in [3.05, 3.63) is 88.0 Å². The monoisotopic (exact) mass is 406 g/mol. The number of nitrogens with one attached hydrogen (secondary N) is 1. The first-order valence-electron chi connectivity index (χ1n) is 10.7. The van der Waals surface area contributed by atoms with Crippen molar-refractivity contribution >= 4 is 10.9 Å². The summed E-state index contributed by atoms with van der Waals surface area (Å²) in [6.07, 6.45) is 3.50. The Bertz CT molecular complexity index is 1380. The highest BCUT2D eigenvalue weighted by Crippen LogP contribution is 2.29. The highest BCUT2D eigenvalue weighted by molar-refractivity contribution is 5.87. The van der Waals surface area contributed by atoms with Crippen molar-refractivity contribution < 1.29 is 11.9 Å². The lowest BCUT2D eigenvalue weighted by Gasteiger charge is -2.14. The van der Waals surface area contributed by atoms with Crippen LogP contribution in [0.2, 0.25) is 0 Å². The van der Waals surface area contributed by atoms with Crippen molar-refractivity contribution in [3.8, 4) is 11.4 Å². The zero-order chi connectivity index (χ0) is 22.5. The molecule has 1 aliphatic heterocycles. The van der Waals surface area contributed by atoms with Gasteiger partial charge in [0, 0.05) is 46.5 Å². The van der Waals surface area contributed by atoms with Gasteiger partial charge in [-0.2, -0.15) is 0 Å². The molecular weight excluding hydrogens is 383 g/mol. The van der Waals surface area contributed by atoms with Crippen molar-refractivity contribution in [3.63, 3.8) is 0 Å². The summed E-state index contributed by atoms with van der Waals surface area (Å²) < 4.78 is 38.9. The van der Waals surface area contributed by atoms with Crippen LogP contribution in [0.25, 0.3) is 16.6 Å². The fourth-order valence-corrected chi connectivity index (χ4v) is 3.82. The molecule has 0 saturated carbocycles. The molecule has 30 heavy (non-hydrogen) atoms. The smallest absolute Gasteiger partial charge is 0.297 e. The number of fused-ring (bicyclic) bond motifs is 3. The Hall–Kier alpha value is -3.45. The lowest BCUT2D eigenvalue weighted by atomic mass is 10.1. The quantitative estimate of drug-likeness (QED) is 0.566. The van der Waals surface area contributed by atoms with Crippen LogP contribution in [0.3, 0.4) is 0 Å². The molecular formula is C23H21FN4O2. The molecule has 0 bridgehead atoms. The van der Waals surface area contributed by atoms with E-state index in [-0.39, 0.29) is 17.9 Å². The van der Waals surface area contributed by atoms with Crippen LogP contribution in [0.1, 0.15) is 19.7 Å². The summed E-state index contributed by atoms with van der Waals surface area (Å²) in [6, 6.07) is 11.7. The van der Waals surface area contributed by atoms with Crippen LogP contribution in [0, 0.1) is 5.82 Å². The third-order valence-electron chi connectivity index (χ3n) is 5.36. The first-order chi connectivity index (χ1) is 15.3. The molecule has 1 aromatic carbocycles. The third kappa shape index (κ3) is 3.17. The van der Waals surface area contributed by atoms with Crippen LogP contribution in [0.4, 0.5) is 4.39 Å². The lowest BCUT2D eigenvalue weighted by Crippen LogP contribution is -2.24. The number of benzene rings is 1. The zero-order valence-electron chi connectivity index (χ0n) is 18.4. The van der Waals surface area contributed by atoms with Gasteiger partial charge in [-0.15, -0.1) is 0 Å². The van der Waals surface area contributed by atoms with Gasteiger partial charge in [-0.05, 0) is 42.0 Å². The van der Waals surface area contributed by atoms with E-state index in [2.05, 4.69) is 10.3 Å². The van der Waals surface area contributed by atoms with E-state index < -0.39 is 12.3 Å². The van der Waals surface area contributed by atoms with Crippen LogP contribution < -0.4 is 15.6 Å². The van der Waals surface area contributed by atoms with E-state index in [1.54, 1.807) is 24.4 Å². The Morgan fingerprint density at radius 2 is 2.20 bits per heavy atom. The van der Waals surface area contributed by atoms with E-state index in [9.17, 15) is 9.18 Å². The highest BCUT2D eigenvalue weighted by Gasteiger charge is 2.18. The van der Waals surface area contributed by atoms with Crippen LogP contribution in [0.5, 0.6) is 5.75 Å². The zero-order valence-corrected chi connectivity index (χ0v) is 16.4. The molecule has 0 spiro atoms. The second-order valence-electron chi connectivity index (χ2n) is 7.19. The number of hydrogen-bond donors (Lipinski definition) is 1. The van der Waals surface area contributed by atoms with Gasteiger partial charge in [0.1, 0.15) is 12.4 Å². The number of ether oxygens (including phenoxy) is 1. The van der Waals surface area contributed by atoms with Gasteiger partial charge in [0.2, 0.25) is 0 Å². The SMILES string of the molecule is [2H]C1([2H])NCCc2c1c1ccc(-n3cccc(OCc4ccc(F)cn4)c3=O)cc1n2C. The number of rotatable bonds is 4. The van der Waals surface area contributed by atoms with E-state index in [0.717, 1.165) is 29.2 Å². The topological polar surface area (TPSA) is 61.1 Å². The summed E-state index contributed by atoms with van der Waals surface area (Å²) in [6.45, 7) is -0.989. The van der Waals surface area contributed by atoms with Crippen molar-refractivity contribution in [1.82, 2.24) is 19.4 Å². The van der Waals surface area contributed by atoms with Crippen LogP contribution >= 0.6 is 0 Å². The van der Waals surface area contributed by atoms with Crippen LogP contribution in [0.15, 0.2) is 59.7 Å². The van der Waals surface area contributed by atoms with E-state index >= 15 is 0 Å². The molecule has 0 saturated heterocycles.